The van der Waals surface area contributed by atoms with E-state index >= 15 is 0 Å². The first-order chi connectivity index (χ1) is 13.0. The van der Waals surface area contributed by atoms with E-state index in [2.05, 4.69) is 4.98 Å². The number of hydrogen-bond acceptors (Lipinski definition) is 3. The maximum atomic E-state index is 12.8. The van der Waals surface area contributed by atoms with Gasteiger partial charge in [-0.15, -0.1) is 0 Å². The molecule has 0 bridgehead atoms. The average Bonchev–Trinajstić information content (AvgIpc) is 3.05. The summed E-state index contributed by atoms with van der Waals surface area (Å²) >= 11 is 0. The van der Waals surface area contributed by atoms with Gasteiger partial charge in [-0.25, -0.2) is 9.78 Å². The van der Waals surface area contributed by atoms with E-state index in [1.165, 1.54) is 18.2 Å². The summed E-state index contributed by atoms with van der Waals surface area (Å²) in [5.74, 6) is -1.91. The fraction of sp³-hybridized carbons (Fsp3) is 0.412. The van der Waals surface area contributed by atoms with Crippen LogP contribution in [0.5, 0.6) is 5.75 Å². The summed E-state index contributed by atoms with van der Waals surface area (Å²) in [6, 6.07) is 5.27. The predicted molar refractivity (Wildman–Crippen MR) is 86.9 cm³/mol. The zero-order chi connectivity index (χ0) is 21.4. The van der Waals surface area contributed by atoms with E-state index in [0.717, 1.165) is 18.3 Å². The molecule has 0 saturated carbocycles. The van der Waals surface area contributed by atoms with Gasteiger partial charge >= 0.3 is 18.3 Å². The predicted octanol–water partition coefficient (Wildman–Crippen LogP) is 4.57. The lowest BCUT2D eigenvalue weighted by Gasteiger charge is -2.14. The molecular weight excluding hydrogens is 394 g/mol. The standard InChI is InChI=1S/C15H17F3N2O.C2HF3O2/c1-2-14-19-8-10-20(14)9-5-11-21-13-7-4-3-6-12(13)15(16,17)18;3-2(4,5)1(6)7/h3-4,6-8,10H,2,5,9,11H2,1H3;(H,6,7). The Hall–Kier alpha value is -2.72. The summed E-state index contributed by atoms with van der Waals surface area (Å²) in [5, 5.41) is 7.12. The van der Waals surface area contributed by atoms with Crippen molar-refractivity contribution in [3.63, 3.8) is 0 Å². The van der Waals surface area contributed by atoms with E-state index in [9.17, 15) is 26.3 Å². The minimum absolute atomic E-state index is 0.119. The summed E-state index contributed by atoms with van der Waals surface area (Å²) in [6.45, 7) is 2.92. The zero-order valence-corrected chi connectivity index (χ0v) is 14.7. The Kier molecular flexibility index (Phi) is 8.33. The molecule has 2 aromatic rings. The highest BCUT2D eigenvalue weighted by Gasteiger charge is 2.38. The topological polar surface area (TPSA) is 64.4 Å². The van der Waals surface area contributed by atoms with Crippen LogP contribution in [-0.2, 0) is 23.9 Å². The largest absolute Gasteiger partial charge is 0.493 e. The van der Waals surface area contributed by atoms with Crippen LogP contribution in [0, 0.1) is 0 Å². The first-order valence-electron chi connectivity index (χ1n) is 8.06. The number of aromatic nitrogens is 2. The van der Waals surface area contributed by atoms with E-state index in [-0.39, 0.29) is 12.4 Å². The molecule has 28 heavy (non-hydrogen) atoms. The second kappa shape index (κ2) is 10.00. The van der Waals surface area contributed by atoms with E-state index in [4.69, 9.17) is 14.6 Å². The van der Waals surface area contributed by atoms with Crippen LogP contribution in [-0.4, -0.2) is 33.4 Å². The van der Waals surface area contributed by atoms with Crippen molar-refractivity contribution in [2.45, 2.75) is 38.7 Å². The van der Waals surface area contributed by atoms with Crippen molar-refractivity contribution in [3.8, 4) is 5.75 Å². The molecule has 0 spiro atoms. The fourth-order valence-corrected chi connectivity index (χ4v) is 2.10. The first-order valence-corrected chi connectivity index (χ1v) is 8.06. The van der Waals surface area contributed by atoms with E-state index in [0.29, 0.717) is 13.0 Å². The Morgan fingerprint density at radius 3 is 2.32 bits per heavy atom. The van der Waals surface area contributed by atoms with E-state index in [1.54, 1.807) is 6.20 Å². The second-order valence-corrected chi connectivity index (χ2v) is 5.39. The third-order valence-electron chi connectivity index (χ3n) is 3.35. The Morgan fingerprint density at radius 2 is 1.79 bits per heavy atom. The van der Waals surface area contributed by atoms with Crippen molar-refractivity contribution in [2.24, 2.45) is 0 Å². The number of aliphatic carboxylic acids is 1. The Bertz CT molecular complexity index is 756. The van der Waals surface area contributed by atoms with Gasteiger partial charge in [0.1, 0.15) is 11.6 Å². The second-order valence-electron chi connectivity index (χ2n) is 5.39. The van der Waals surface area contributed by atoms with Gasteiger partial charge in [-0.2, -0.15) is 26.3 Å². The molecule has 0 aliphatic carbocycles. The summed E-state index contributed by atoms with van der Waals surface area (Å²) in [7, 11) is 0. The molecule has 1 aromatic carbocycles. The number of rotatable bonds is 6. The zero-order valence-electron chi connectivity index (χ0n) is 14.7. The number of benzene rings is 1. The minimum Gasteiger partial charge on any atom is -0.493 e. The number of alkyl halides is 6. The lowest BCUT2D eigenvalue weighted by Crippen LogP contribution is -2.21. The molecule has 2 rings (SSSR count). The van der Waals surface area contributed by atoms with Crippen molar-refractivity contribution < 1.29 is 41.0 Å². The highest BCUT2D eigenvalue weighted by Crippen LogP contribution is 2.35. The number of carboxylic acids is 1. The molecule has 156 valence electrons. The third kappa shape index (κ3) is 7.49. The van der Waals surface area contributed by atoms with Crippen molar-refractivity contribution in [2.75, 3.05) is 6.61 Å². The summed E-state index contributed by atoms with van der Waals surface area (Å²) < 4.78 is 77.4. The highest BCUT2D eigenvalue weighted by atomic mass is 19.4. The maximum Gasteiger partial charge on any atom is 0.490 e. The lowest BCUT2D eigenvalue weighted by atomic mass is 10.2. The van der Waals surface area contributed by atoms with Gasteiger partial charge in [0.25, 0.3) is 0 Å². The molecule has 0 atom stereocenters. The first kappa shape index (κ1) is 23.3. The molecule has 0 radical (unpaired) electrons. The van der Waals surface area contributed by atoms with Gasteiger partial charge in [-0.05, 0) is 18.6 Å². The van der Waals surface area contributed by atoms with Gasteiger partial charge in [-0.1, -0.05) is 19.1 Å². The highest BCUT2D eigenvalue weighted by molar-refractivity contribution is 5.73. The molecule has 0 fully saturated rings. The molecule has 11 heteroatoms. The molecule has 0 aliphatic rings. The molecule has 1 aromatic heterocycles. The quantitative estimate of drug-likeness (QED) is 0.558. The fourth-order valence-electron chi connectivity index (χ4n) is 2.10. The van der Waals surface area contributed by atoms with Gasteiger partial charge in [0, 0.05) is 25.4 Å². The summed E-state index contributed by atoms with van der Waals surface area (Å²) in [4.78, 5) is 13.1. The van der Waals surface area contributed by atoms with Crippen LogP contribution >= 0.6 is 0 Å². The molecule has 1 heterocycles. The minimum atomic E-state index is -5.08. The monoisotopic (exact) mass is 412 g/mol. The molecule has 5 nitrogen and oxygen atoms in total. The van der Waals surface area contributed by atoms with Crippen LogP contribution in [0.15, 0.2) is 36.7 Å². The van der Waals surface area contributed by atoms with Crippen LogP contribution in [0.1, 0.15) is 24.7 Å². The van der Waals surface area contributed by atoms with Crippen molar-refractivity contribution in [1.29, 1.82) is 0 Å². The number of carbonyl (C=O) groups is 1. The molecule has 0 aliphatic heterocycles. The van der Waals surface area contributed by atoms with Crippen molar-refractivity contribution in [3.05, 3.63) is 48.0 Å². The Balaban J connectivity index is 0.000000480. The molecule has 1 N–H and O–H groups in total. The Morgan fingerprint density at radius 1 is 1.18 bits per heavy atom. The maximum absolute atomic E-state index is 12.8. The number of nitrogens with zero attached hydrogens (tertiary/aromatic N) is 2. The molecule has 0 unspecified atom stereocenters. The van der Waals surface area contributed by atoms with E-state index < -0.39 is 23.9 Å². The number of aryl methyl sites for hydroxylation is 2. The SMILES string of the molecule is CCc1nccn1CCCOc1ccccc1C(F)(F)F.O=C(O)C(F)(F)F. The molecular formula is C17H18F6N2O3. The van der Waals surface area contributed by atoms with Crippen LogP contribution in [0.4, 0.5) is 26.3 Å². The smallest absolute Gasteiger partial charge is 0.490 e. The number of halogens is 6. The van der Waals surface area contributed by atoms with Crippen molar-refractivity contribution >= 4 is 5.97 Å². The van der Waals surface area contributed by atoms with Gasteiger partial charge in [0.05, 0.1) is 12.2 Å². The summed E-state index contributed by atoms with van der Waals surface area (Å²) in [5.41, 5.74) is -0.734. The number of carboxylic acid groups (broad SMARTS) is 1. The van der Waals surface area contributed by atoms with Gasteiger partial charge < -0.3 is 14.4 Å². The lowest BCUT2D eigenvalue weighted by molar-refractivity contribution is -0.192. The average molecular weight is 412 g/mol. The normalized spacial score (nSPS) is 11.5. The molecule has 0 saturated heterocycles. The number of imidazole rings is 1. The number of ether oxygens (including phenoxy) is 1. The Labute approximate surface area is 156 Å². The third-order valence-corrected chi connectivity index (χ3v) is 3.35. The van der Waals surface area contributed by atoms with Crippen LogP contribution in [0.2, 0.25) is 0 Å². The number of para-hydroxylation sites is 1. The van der Waals surface area contributed by atoms with E-state index in [1.807, 2.05) is 17.7 Å². The van der Waals surface area contributed by atoms with Crippen LogP contribution < -0.4 is 4.74 Å². The van der Waals surface area contributed by atoms with Crippen LogP contribution in [0.3, 0.4) is 0 Å². The van der Waals surface area contributed by atoms with Crippen LogP contribution in [0.25, 0.3) is 0 Å². The van der Waals surface area contributed by atoms with Gasteiger partial charge in [0.2, 0.25) is 0 Å². The van der Waals surface area contributed by atoms with Crippen molar-refractivity contribution in [1.82, 2.24) is 9.55 Å². The summed E-state index contributed by atoms with van der Waals surface area (Å²) in [6.07, 6.45) is -4.45. The number of hydrogen-bond donors (Lipinski definition) is 1. The molecule has 0 amide bonds. The van der Waals surface area contributed by atoms with Gasteiger partial charge in [0.15, 0.2) is 0 Å². The van der Waals surface area contributed by atoms with Gasteiger partial charge in [-0.3, -0.25) is 0 Å².